The monoisotopic (exact) mass is 261 g/mol. The third-order valence-electron chi connectivity index (χ3n) is 1.94. The van der Waals surface area contributed by atoms with Crippen molar-refractivity contribution in [2.75, 3.05) is 0 Å². The Morgan fingerprint density at radius 3 is 2.59 bits per heavy atom. The summed E-state index contributed by atoms with van der Waals surface area (Å²) in [5, 5.41) is 3.71. The zero-order chi connectivity index (χ0) is 13.1. The molecule has 3 nitrogen and oxygen atoms in total. The van der Waals surface area contributed by atoms with Crippen molar-refractivity contribution in [3.63, 3.8) is 0 Å². The van der Waals surface area contributed by atoms with E-state index in [1.54, 1.807) is 6.92 Å². The van der Waals surface area contributed by atoms with Gasteiger partial charge in [0, 0.05) is 0 Å². The predicted octanol–water partition coefficient (Wildman–Crippen LogP) is 2.26. The highest BCUT2D eigenvalue weighted by atomic mass is 32.1. The molecule has 0 aliphatic heterocycles. The highest BCUT2D eigenvalue weighted by Gasteiger charge is 2.30. The van der Waals surface area contributed by atoms with E-state index in [0.29, 0.717) is 11.3 Å². The summed E-state index contributed by atoms with van der Waals surface area (Å²) >= 11 is 4.53. The minimum absolute atomic E-state index is 0.0451. The summed E-state index contributed by atoms with van der Waals surface area (Å²) in [7, 11) is 0. The third kappa shape index (κ3) is 4.03. The molecule has 1 aromatic rings. The van der Waals surface area contributed by atoms with Gasteiger partial charge in [-0.2, -0.15) is 18.3 Å². The first-order valence-corrected chi connectivity index (χ1v) is 4.99. The molecule has 92 valence electrons. The van der Waals surface area contributed by atoms with Crippen molar-refractivity contribution in [1.82, 2.24) is 5.43 Å². The molecule has 0 fully saturated rings. The number of benzene rings is 1. The third-order valence-corrected chi connectivity index (χ3v) is 2.03. The number of hydrogen-bond donors (Lipinski definition) is 2. The fourth-order valence-corrected chi connectivity index (χ4v) is 1.17. The van der Waals surface area contributed by atoms with Gasteiger partial charge in [0.25, 0.3) is 0 Å². The van der Waals surface area contributed by atoms with E-state index in [4.69, 9.17) is 5.73 Å². The molecule has 0 saturated carbocycles. The summed E-state index contributed by atoms with van der Waals surface area (Å²) in [5.74, 6) is 0. The van der Waals surface area contributed by atoms with Crippen molar-refractivity contribution < 1.29 is 13.2 Å². The highest BCUT2D eigenvalue weighted by molar-refractivity contribution is 7.80. The van der Waals surface area contributed by atoms with Gasteiger partial charge in [0.15, 0.2) is 5.11 Å². The van der Waals surface area contributed by atoms with Gasteiger partial charge in [-0.1, -0.05) is 12.1 Å². The largest absolute Gasteiger partial charge is 0.416 e. The first kappa shape index (κ1) is 13.4. The number of nitrogens with two attached hydrogens (primary N) is 1. The molecule has 0 aromatic heterocycles. The van der Waals surface area contributed by atoms with Gasteiger partial charge in [-0.05, 0) is 36.8 Å². The number of nitrogens with zero attached hydrogens (tertiary/aromatic N) is 1. The van der Waals surface area contributed by atoms with Crippen LogP contribution in [0.2, 0.25) is 0 Å². The van der Waals surface area contributed by atoms with Crippen LogP contribution in [0, 0.1) is 0 Å². The molecule has 17 heavy (non-hydrogen) atoms. The normalized spacial score (nSPS) is 12.4. The number of halogens is 3. The SMILES string of the molecule is C/C(=N/NC(N)=S)c1cccc(C(F)(F)F)c1. The Bertz CT molecular complexity index is 454. The summed E-state index contributed by atoms with van der Waals surface area (Å²) < 4.78 is 37.3. The summed E-state index contributed by atoms with van der Waals surface area (Å²) in [5.41, 5.74) is 7.46. The van der Waals surface area contributed by atoms with Gasteiger partial charge in [0.05, 0.1) is 11.3 Å². The van der Waals surface area contributed by atoms with Crippen LogP contribution >= 0.6 is 12.2 Å². The van der Waals surface area contributed by atoms with Crippen molar-refractivity contribution in [2.45, 2.75) is 13.1 Å². The van der Waals surface area contributed by atoms with Crippen LogP contribution in [0.4, 0.5) is 13.2 Å². The number of hydrogen-bond acceptors (Lipinski definition) is 2. The van der Waals surface area contributed by atoms with E-state index in [2.05, 4.69) is 22.7 Å². The van der Waals surface area contributed by atoms with Gasteiger partial charge < -0.3 is 5.73 Å². The molecular formula is C10H10F3N3S. The maximum Gasteiger partial charge on any atom is 0.416 e. The van der Waals surface area contributed by atoms with Crippen LogP contribution < -0.4 is 11.2 Å². The van der Waals surface area contributed by atoms with E-state index >= 15 is 0 Å². The Labute approximate surface area is 102 Å². The molecule has 0 heterocycles. The zero-order valence-corrected chi connectivity index (χ0v) is 9.69. The number of alkyl halides is 3. The molecule has 7 heteroatoms. The molecule has 0 aliphatic carbocycles. The Hall–Kier alpha value is -1.63. The lowest BCUT2D eigenvalue weighted by molar-refractivity contribution is -0.137. The van der Waals surface area contributed by atoms with Crippen molar-refractivity contribution >= 4 is 23.0 Å². The Morgan fingerprint density at radius 1 is 1.41 bits per heavy atom. The Kier molecular flexibility index (Phi) is 4.06. The second-order valence-electron chi connectivity index (χ2n) is 3.25. The van der Waals surface area contributed by atoms with Crippen LogP contribution in [-0.2, 0) is 6.18 Å². The van der Waals surface area contributed by atoms with Crippen molar-refractivity contribution in [3.05, 3.63) is 35.4 Å². The molecular weight excluding hydrogens is 251 g/mol. The second-order valence-corrected chi connectivity index (χ2v) is 3.69. The van der Waals surface area contributed by atoms with Crippen LogP contribution in [0.3, 0.4) is 0 Å². The van der Waals surface area contributed by atoms with Crippen LogP contribution in [0.5, 0.6) is 0 Å². The fourth-order valence-electron chi connectivity index (χ4n) is 1.12. The second kappa shape index (κ2) is 5.13. The first-order valence-electron chi connectivity index (χ1n) is 4.58. The summed E-state index contributed by atoms with van der Waals surface area (Å²) in [6.07, 6.45) is -4.37. The molecule has 0 atom stereocenters. The van der Waals surface area contributed by atoms with Gasteiger partial charge in [-0.25, -0.2) is 0 Å². The summed E-state index contributed by atoms with van der Waals surface area (Å²) in [6, 6.07) is 4.85. The van der Waals surface area contributed by atoms with Crippen LogP contribution in [0.15, 0.2) is 29.4 Å². The molecule has 0 aliphatic rings. The maximum absolute atomic E-state index is 12.4. The molecule has 0 radical (unpaired) electrons. The lowest BCUT2D eigenvalue weighted by atomic mass is 10.1. The zero-order valence-electron chi connectivity index (χ0n) is 8.88. The van der Waals surface area contributed by atoms with Crippen LogP contribution in [0.25, 0.3) is 0 Å². The first-order chi connectivity index (χ1) is 7.80. The van der Waals surface area contributed by atoms with Crippen molar-refractivity contribution in [1.29, 1.82) is 0 Å². The Balaban J connectivity index is 3.00. The lowest BCUT2D eigenvalue weighted by Crippen LogP contribution is -2.25. The van der Waals surface area contributed by atoms with Gasteiger partial charge in [-0.3, -0.25) is 5.43 Å². The average Bonchev–Trinajstić information content (AvgIpc) is 2.25. The maximum atomic E-state index is 12.4. The van der Waals surface area contributed by atoms with E-state index in [0.717, 1.165) is 12.1 Å². The summed E-state index contributed by atoms with van der Waals surface area (Å²) in [6.45, 7) is 1.56. The van der Waals surface area contributed by atoms with E-state index in [-0.39, 0.29) is 5.11 Å². The van der Waals surface area contributed by atoms with Gasteiger partial charge in [-0.15, -0.1) is 0 Å². The molecule has 0 saturated heterocycles. The fraction of sp³-hybridized carbons (Fsp3) is 0.200. The van der Waals surface area contributed by atoms with E-state index < -0.39 is 11.7 Å². The number of hydrazone groups is 1. The molecule has 3 N–H and O–H groups in total. The quantitative estimate of drug-likeness (QED) is 0.488. The highest BCUT2D eigenvalue weighted by Crippen LogP contribution is 2.29. The number of thiocarbonyl (C=S) groups is 1. The molecule has 0 bridgehead atoms. The Morgan fingerprint density at radius 2 is 2.06 bits per heavy atom. The number of rotatable bonds is 2. The topological polar surface area (TPSA) is 50.4 Å². The van der Waals surface area contributed by atoms with Gasteiger partial charge in [0.1, 0.15) is 0 Å². The predicted molar refractivity (Wildman–Crippen MR) is 63.6 cm³/mol. The molecule has 0 amide bonds. The van der Waals surface area contributed by atoms with E-state index in [1.165, 1.54) is 12.1 Å². The minimum atomic E-state index is -4.37. The lowest BCUT2D eigenvalue weighted by Gasteiger charge is -2.08. The smallest absolute Gasteiger partial charge is 0.375 e. The van der Waals surface area contributed by atoms with Crippen molar-refractivity contribution in [2.24, 2.45) is 10.8 Å². The summed E-state index contributed by atoms with van der Waals surface area (Å²) in [4.78, 5) is 0. The van der Waals surface area contributed by atoms with Crippen LogP contribution in [-0.4, -0.2) is 10.8 Å². The molecule has 1 aromatic carbocycles. The molecule has 0 spiro atoms. The van der Waals surface area contributed by atoms with Crippen molar-refractivity contribution in [3.8, 4) is 0 Å². The molecule has 1 rings (SSSR count). The van der Waals surface area contributed by atoms with E-state index in [9.17, 15) is 13.2 Å². The van der Waals surface area contributed by atoms with Gasteiger partial charge >= 0.3 is 6.18 Å². The molecule has 0 unspecified atom stereocenters. The number of nitrogens with one attached hydrogen (secondary N) is 1. The average molecular weight is 261 g/mol. The minimum Gasteiger partial charge on any atom is -0.375 e. The van der Waals surface area contributed by atoms with E-state index in [1.807, 2.05) is 0 Å². The van der Waals surface area contributed by atoms with Gasteiger partial charge in [0.2, 0.25) is 0 Å². The standard InChI is InChI=1S/C10H10F3N3S/c1-6(15-16-9(14)17)7-3-2-4-8(5-7)10(11,12)13/h2-5H,1H3,(H3,14,16,17)/b15-6-. The van der Waals surface area contributed by atoms with Crippen LogP contribution in [0.1, 0.15) is 18.1 Å².